The van der Waals surface area contributed by atoms with Gasteiger partial charge in [0, 0.05) is 62.5 Å². The van der Waals surface area contributed by atoms with Crippen molar-refractivity contribution in [1.82, 2.24) is 9.80 Å². The number of benzene rings is 4. The molecule has 1 saturated carbocycles. The number of amides is 1. The van der Waals surface area contributed by atoms with Gasteiger partial charge in [0.1, 0.15) is 0 Å². The quantitative estimate of drug-likeness (QED) is 0.204. The summed E-state index contributed by atoms with van der Waals surface area (Å²) in [5, 5.41) is 0. The summed E-state index contributed by atoms with van der Waals surface area (Å²) in [6, 6.07) is 39.2. The number of aryl methyl sites for hydroxylation is 1. The van der Waals surface area contributed by atoms with Crippen molar-refractivity contribution in [3.63, 3.8) is 0 Å². The highest BCUT2D eigenvalue weighted by atomic mass is 16.2. The van der Waals surface area contributed by atoms with Crippen molar-refractivity contribution in [3.8, 4) is 0 Å². The Kier molecular flexibility index (Phi) is 9.54. The minimum Gasteiger partial charge on any atom is -0.369 e. The average Bonchev–Trinajstić information content (AvgIpc) is 3.08. The van der Waals surface area contributed by atoms with Crippen LogP contribution in [0.5, 0.6) is 0 Å². The third kappa shape index (κ3) is 7.19. The second-order valence-corrected chi connectivity index (χ2v) is 12.4. The lowest BCUT2D eigenvalue weighted by Crippen LogP contribution is -2.47. The molecule has 6 rings (SSSR count). The van der Waals surface area contributed by atoms with E-state index in [9.17, 15) is 4.79 Å². The second kappa shape index (κ2) is 14.1. The molecular formula is C39H45N3O. The lowest BCUT2D eigenvalue weighted by atomic mass is 9.90. The van der Waals surface area contributed by atoms with Crippen LogP contribution in [0.4, 0.5) is 5.69 Å². The van der Waals surface area contributed by atoms with E-state index in [4.69, 9.17) is 0 Å². The molecule has 2 fully saturated rings. The topological polar surface area (TPSA) is 26.8 Å². The van der Waals surface area contributed by atoms with Gasteiger partial charge >= 0.3 is 0 Å². The summed E-state index contributed by atoms with van der Waals surface area (Å²) >= 11 is 0. The summed E-state index contributed by atoms with van der Waals surface area (Å²) in [4.78, 5) is 21.5. The summed E-state index contributed by atoms with van der Waals surface area (Å²) < 4.78 is 0. The molecule has 0 spiro atoms. The Hall–Kier alpha value is -3.89. The lowest BCUT2D eigenvalue weighted by Gasteiger charge is -2.38. The summed E-state index contributed by atoms with van der Waals surface area (Å²) in [7, 11) is 0. The Balaban J connectivity index is 1.16. The van der Waals surface area contributed by atoms with Gasteiger partial charge in [0.2, 0.25) is 0 Å². The highest BCUT2D eigenvalue weighted by Gasteiger charge is 2.28. The predicted octanol–water partition coefficient (Wildman–Crippen LogP) is 7.92. The Labute approximate surface area is 258 Å². The van der Waals surface area contributed by atoms with Crippen molar-refractivity contribution >= 4 is 11.6 Å². The van der Waals surface area contributed by atoms with Gasteiger partial charge in [-0.3, -0.25) is 9.69 Å². The van der Waals surface area contributed by atoms with Crippen molar-refractivity contribution in [2.45, 2.75) is 57.5 Å². The molecule has 4 aromatic rings. The normalized spacial score (nSPS) is 16.4. The molecular weight excluding hydrogens is 526 g/mol. The standard InChI is InChI=1S/C39H45N3O/c1-31-22-23-36(28-37(31)39(43)42(35-20-12-5-13-21-35)29-32-14-6-2-7-15-32)41-26-24-40(25-27-41)30-38(33-16-8-3-9-17-33)34-18-10-4-11-19-34/h2-4,6-11,14-19,22-23,28,35,38H,5,12-13,20-21,24-27,29-30H2,1H3. The van der Waals surface area contributed by atoms with Crippen LogP contribution in [0.25, 0.3) is 0 Å². The Morgan fingerprint density at radius 1 is 0.744 bits per heavy atom. The first-order valence-corrected chi connectivity index (χ1v) is 16.2. The zero-order valence-electron chi connectivity index (χ0n) is 25.6. The first-order valence-electron chi connectivity index (χ1n) is 16.2. The highest BCUT2D eigenvalue weighted by Crippen LogP contribution is 2.30. The molecule has 0 N–H and O–H groups in total. The molecule has 4 nitrogen and oxygen atoms in total. The van der Waals surface area contributed by atoms with E-state index < -0.39 is 0 Å². The van der Waals surface area contributed by atoms with E-state index in [1.54, 1.807) is 0 Å². The van der Waals surface area contributed by atoms with Gasteiger partial charge in [-0.2, -0.15) is 0 Å². The Morgan fingerprint density at radius 2 is 1.33 bits per heavy atom. The monoisotopic (exact) mass is 571 g/mol. The first-order chi connectivity index (χ1) is 21.2. The maximum atomic E-state index is 14.2. The smallest absolute Gasteiger partial charge is 0.254 e. The lowest BCUT2D eigenvalue weighted by molar-refractivity contribution is 0.0613. The third-order valence-corrected chi connectivity index (χ3v) is 9.51. The fourth-order valence-corrected chi connectivity index (χ4v) is 6.95. The summed E-state index contributed by atoms with van der Waals surface area (Å²) in [5.41, 5.74) is 7.03. The van der Waals surface area contributed by atoms with E-state index in [1.807, 2.05) is 6.07 Å². The number of carbonyl (C=O) groups excluding carboxylic acids is 1. The maximum absolute atomic E-state index is 14.2. The number of carbonyl (C=O) groups is 1. The zero-order valence-corrected chi connectivity index (χ0v) is 25.6. The van der Waals surface area contributed by atoms with E-state index in [0.29, 0.717) is 18.5 Å². The van der Waals surface area contributed by atoms with E-state index in [2.05, 4.69) is 125 Å². The van der Waals surface area contributed by atoms with Crippen LogP contribution >= 0.6 is 0 Å². The van der Waals surface area contributed by atoms with Crippen LogP contribution in [0.15, 0.2) is 109 Å². The molecule has 4 heteroatoms. The van der Waals surface area contributed by atoms with Crippen molar-refractivity contribution in [3.05, 3.63) is 137 Å². The van der Waals surface area contributed by atoms with Crippen LogP contribution in [0.3, 0.4) is 0 Å². The Bertz CT molecular complexity index is 1400. The van der Waals surface area contributed by atoms with Gasteiger partial charge in [-0.15, -0.1) is 0 Å². The molecule has 1 saturated heterocycles. The second-order valence-electron chi connectivity index (χ2n) is 12.4. The van der Waals surface area contributed by atoms with E-state index in [0.717, 1.165) is 56.7 Å². The molecule has 43 heavy (non-hydrogen) atoms. The van der Waals surface area contributed by atoms with E-state index in [-0.39, 0.29) is 5.91 Å². The van der Waals surface area contributed by atoms with Crippen molar-refractivity contribution < 1.29 is 4.79 Å². The molecule has 2 aliphatic rings. The minimum absolute atomic E-state index is 0.183. The van der Waals surface area contributed by atoms with E-state index >= 15 is 0 Å². The van der Waals surface area contributed by atoms with Gasteiger partial charge in [-0.25, -0.2) is 0 Å². The summed E-state index contributed by atoms with van der Waals surface area (Å²) in [6.07, 6.45) is 5.91. The number of piperazine rings is 1. The molecule has 0 atom stereocenters. The molecule has 4 aromatic carbocycles. The fourth-order valence-electron chi connectivity index (χ4n) is 6.95. The number of hydrogen-bond donors (Lipinski definition) is 0. The van der Waals surface area contributed by atoms with E-state index in [1.165, 1.54) is 41.6 Å². The zero-order chi connectivity index (χ0) is 29.4. The number of anilines is 1. The third-order valence-electron chi connectivity index (χ3n) is 9.51. The molecule has 1 amide bonds. The highest BCUT2D eigenvalue weighted by molar-refractivity contribution is 5.97. The predicted molar refractivity (Wildman–Crippen MR) is 178 cm³/mol. The van der Waals surface area contributed by atoms with Crippen molar-refractivity contribution in [1.29, 1.82) is 0 Å². The van der Waals surface area contributed by atoms with Gasteiger partial charge in [0.15, 0.2) is 0 Å². The number of hydrogen-bond acceptors (Lipinski definition) is 3. The molecule has 0 aromatic heterocycles. The fraction of sp³-hybridized carbons (Fsp3) is 0.359. The number of nitrogens with zero attached hydrogens (tertiary/aromatic N) is 3. The first kappa shape index (κ1) is 29.2. The van der Waals surface area contributed by atoms with Crippen LogP contribution in [0, 0.1) is 6.92 Å². The maximum Gasteiger partial charge on any atom is 0.254 e. The number of rotatable bonds is 9. The van der Waals surface area contributed by atoms with Crippen LogP contribution in [0.2, 0.25) is 0 Å². The van der Waals surface area contributed by atoms with Gasteiger partial charge in [0.25, 0.3) is 5.91 Å². The van der Waals surface area contributed by atoms with Crippen LogP contribution in [-0.4, -0.2) is 54.5 Å². The van der Waals surface area contributed by atoms with Crippen LogP contribution in [0.1, 0.15) is 70.6 Å². The van der Waals surface area contributed by atoms with Gasteiger partial charge in [-0.1, -0.05) is 116 Å². The molecule has 1 aliphatic heterocycles. The van der Waals surface area contributed by atoms with Gasteiger partial charge in [0.05, 0.1) is 0 Å². The van der Waals surface area contributed by atoms with Gasteiger partial charge in [-0.05, 0) is 54.2 Å². The minimum atomic E-state index is 0.183. The molecule has 1 heterocycles. The van der Waals surface area contributed by atoms with Crippen LogP contribution < -0.4 is 4.90 Å². The molecule has 0 unspecified atom stereocenters. The largest absolute Gasteiger partial charge is 0.369 e. The van der Waals surface area contributed by atoms with Gasteiger partial charge < -0.3 is 9.80 Å². The van der Waals surface area contributed by atoms with Crippen molar-refractivity contribution in [2.24, 2.45) is 0 Å². The Morgan fingerprint density at radius 3 is 1.93 bits per heavy atom. The molecule has 1 aliphatic carbocycles. The summed E-state index contributed by atoms with van der Waals surface area (Å²) in [5.74, 6) is 0.537. The average molecular weight is 572 g/mol. The summed E-state index contributed by atoms with van der Waals surface area (Å²) in [6.45, 7) is 7.72. The SMILES string of the molecule is Cc1ccc(N2CCN(CC(c3ccccc3)c3ccccc3)CC2)cc1C(=O)N(Cc1ccccc1)C1CCCCC1. The van der Waals surface area contributed by atoms with Crippen molar-refractivity contribution in [2.75, 3.05) is 37.6 Å². The van der Waals surface area contributed by atoms with Crippen LogP contribution in [-0.2, 0) is 6.54 Å². The molecule has 0 bridgehead atoms. The molecule has 0 radical (unpaired) electrons. The molecule has 222 valence electrons.